The highest BCUT2D eigenvalue weighted by molar-refractivity contribution is 9.12. The number of benzene rings is 1. The second-order valence-electron chi connectivity index (χ2n) is 3.93. The first-order valence-electron chi connectivity index (χ1n) is 4.95. The average molecular weight is 399 g/mol. The normalized spacial score (nSPS) is 15.1. The number of halogens is 3. The second kappa shape index (κ2) is 5.83. The van der Waals surface area contributed by atoms with Gasteiger partial charge in [0, 0.05) is 14.1 Å². The van der Waals surface area contributed by atoms with Crippen LogP contribution >= 0.6 is 47.8 Å². The van der Waals surface area contributed by atoms with Crippen LogP contribution in [-0.2, 0) is 6.42 Å². The minimum absolute atomic E-state index is 0.468. The molecule has 0 aliphatic rings. The predicted molar refractivity (Wildman–Crippen MR) is 78.4 cm³/mol. The Morgan fingerprint density at radius 3 is 2.20 bits per heavy atom. The van der Waals surface area contributed by atoms with Gasteiger partial charge in [-0.15, -0.1) is 0 Å². The molecule has 0 fully saturated rings. The highest BCUT2D eigenvalue weighted by Crippen LogP contribution is 2.26. The zero-order valence-corrected chi connectivity index (χ0v) is 13.9. The lowest BCUT2D eigenvalue weighted by molar-refractivity contribution is 0.852. The maximum Gasteiger partial charge on any atom is 0.0309 e. The van der Waals surface area contributed by atoms with Crippen LogP contribution in [-0.4, -0.2) is 9.65 Å². The summed E-state index contributed by atoms with van der Waals surface area (Å²) in [7, 11) is 0. The quantitative estimate of drug-likeness (QED) is 0.617. The molecule has 2 unspecified atom stereocenters. The maximum absolute atomic E-state index is 3.69. The van der Waals surface area contributed by atoms with E-state index in [9.17, 15) is 0 Å². The molecule has 0 saturated carbocycles. The predicted octanol–water partition coefficient (Wildman–Crippen LogP) is 5.16. The largest absolute Gasteiger partial charge is 0.0881 e. The van der Waals surface area contributed by atoms with Crippen LogP contribution in [0, 0.1) is 13.8 Å². The third-order valence-electron chi connectivity index (χ3n) is 2.58. The summed E-state index contributed by atoms with van der Waals surface area (Å²) in [4.78, 5) is 0.946. The molecule has 1 rings (SSSR count). The molecule has 1 aromatic carbocycles. The van der Waals surface area contributed by atoms with Crippen LogP contribution in [0.25, 0.3) is 0 Å². The fourth-order valence-corrected chi connectivity index (χ4v) is 2.53. The van der Waals surface area contributed by atoms with Crippen molar-refractivity contribution in [2.75, 3.05) is 0 Å². The molecular formula is C12H15Br3. The van der Waals surface area contributed by atoms with E-state index >= 15 is 0 Å². The van der Waals surface area contributed by atoms with Crippen molar-refractivity contribution >= 4 is 47.8 Å². The van der Waals surface area contributed by atoms with Crippen molar-refractivity contribution < 1.29 is 0 Å². The van der Waals surface area contributed by atoms with E-state index < -0.39 is 0 Å². The molecule has 0 aromatic heterocycles. The van der Waals surface area contributed by atoms with Crippen molar-refractivity contribution in [3.8, 4) is 0 Å². The number of alkyl halides is 2. The van der Waals surface area contributed by atoms with Crippen molar-refractivity contribution in [2.24, 2.45) is 0 Å². The number of rotatable bonds is 3. The van der Waals surface area contributed by atoms with Gasteiger partial charge in [-0.3, -0.25) is 0 Å². The maximum atomic E-state index is 3.69. The monoisotopic (exact) mass is 396 g/mol. The average Bonchev–Trinajstić information content (AvgIpc) is 2.13. The summed E-state index contributed by atoms with van der Waals surface area (Å²) in [6.07, 6.45) is 1.04. The van der Waals surface area contributed by atoms with Crippen LogP contribution in [0.3, 0.4) is 0 Å². The first-order chi connectivity index (χ1) is 6.91. The van der Waals surface area contributed by atoms with Crippen molar-refractivity contribution in [2.45, 2.75) is 36.8 Å². The standard InChI is InChI=1S/C12H15Br3/c1-7-4-10(6-11(14)9(3)13)12(15)5-8(7)2/h4-5,9,11H,6H2,1-3H3. The molecule has 0 saturated heterocycles. The molecule has 3 heteroatoms. The van der Waals surface area contributed by atoms with E-state index in [1.807, 2.05) is 0 Å². The van der Waals surface area contributed by atoms with Gasteiger partial charge >= 0.3 is 0 Å². The molecule has 0 heterocycles. The van der Waals surface area contributed by atoms with Gasteiger partial charge in [0.1, 0.15) is 0 Å². The smallest absolute Gasteiger partial charge is 0.0309 e. The molecule has 15 heavy (non-hydrogen) atoms. The lowest BCUT2D eigenvalue weighted by Crippen LogP contribution is -2.13. The highest BCUT2D eigenvalue weighted by atomic mass is 79.9. The van der Waals surface area contributed by atoms with Gasteiger partial charge in [-0.25, -0.2) is 0 Å². The molecule has 0 aliphatic carbocycles. The Labute approximate surface area is 117 Å². The summed E-state index contributed by atoms with van der Waals surface area (Å²) >= 11 is 10.9. The molecule has 0 amide bonds. The second-order valence-corrected chi connectivity index (χ2v) is 7.40. The summed E-state index contributed by atoms with van der Waals surface area (Å²) in [5.74, 6) is 0. The van der Waals surface area contributed by atoms with Gasteiger partial charge in [0.25, 0.3) is 0 Å². The summed E-state index contributed by atoms with van der Waals surface area (Å²) < 4.78 is 1.21. The van der Waals surface area contributed by atoms with E-state index in [0.29, 0.717) is 9.65 Å². The van der Waals surface area contributed by atoms with Crippen molar-refractivity contribution in [3.63, 3.8) is 0 Å². The third kappa shape index (κ3) is 3.86. The highest BCUT2D eigenvalue weighted by Gasteiger charge is 2.13. The Kier molecular flexibility index (Phi) is 5.33. The van der Waals surface area contributed by atoms with Crippen molar-refractivity contribution in [3.05, 3.63) is 33.3 Å². The van der Waals surface area contributed by atoms with Gasteiger partial charge in [-0.1, -0.05) is 60.8 Å². The SMILES string of the molecule is Cc1cc(Br)c(CC(Br)C(C)Br)cc1C. The minimum atomic E-state index is 0.468. The van der Waals surface area contributed by atoms with Crippen LogP contribution in [0.4, 0.5) is 0 Å². The first kappa shape index (κ1) is 13.7. The third-order valence-corrected chi connectivity index (χ3v) is 5.78. The summed E-state index contributed by atoms with van der Waals surface area (Å²) in [6.45, 7) is 6.46. The molecule has 0 aliphatic heterocycles. The summed E-state index contributed by atoms with van der Waals surface area (Å²) in [6, 6.07) is 4.46. The Balaban J connectivity index is 2.91. The molecule has 84 valence electrons. The van der Waals surface area contributed by atoms with Crippen LogP contribution in [0.15, 0.2) is 16.6 Å². The van der Waals surface area contributed by atoms with E-state index in [0.717, 1.165) is 6.42 Å². The van der Waals surface area contributed by atoms with Gasteiger partial charge in [0.05, 0.1) is 0 Å². The van der Waals surface area contributed by atoms with Crippen LogP contribution in [0.5, 0.6) is 0 Å². The molecule has 0 spiro atoms. The lowest BCUT2D eigenvalue weighted by atomic mass is 10.0. The Bertz CT molecular complexity index is 345. The number of hydrogen-bond donors (Lipinski definition) is 0. The molecule has 2 atom stereocenters. The van der Waals surface area contributed by atoms with E-state index in [-0.39, 0.29) is 0 Å². The van der Waals surface area contributed by atoms with E-state index in [1.165, 1.54) is 21.2 Å². The number of aryl methyl sites for hydroxylation is 2. The van der Waals surface area contributed by atoms with Crippen molar-refractivity contribution in [1.82, 2.24) is 0 Å². The molecular weight excluding hydrogens is 384 g/mol. The van der Waals surface area contributed by atoms with Gasteiger partial charge in [0.15, 0.2) is 0 Å². The molecule has 0 N–H and O–H groups in total. The van der Waals surface area contributed by atoms with Crippen LogP contribution < -0.4 is 0 Å². The van der Waals surface area contributed by atoms with Crippen molar-refractivity contribution in [1.29, 1.82) is 0 Å². The summed E-state index contributed by atoms with van der Waals surface area (Å²) in [5.41, 5.74) is 4.06. The van der Waals surface area contributed by atoms with Gasteiger partial charge in [0.2, 0.25) is 0 Å². The van der Waals surface area contributed by atoms with E-state index in [4.69, 9.17) is 0 Å². The van der Waals surface area contributed by atoms with Crippen LogP contribution in [0.1, 0.15) is 23.6 Å². The topological polar surface area (TPSA) is 0 Å². The Morgan fingerprint density at radius 1 is 1.13 bits per heavy atom. The molecule has 0 nitrogen and oxygen atoms in total. The Hall–Kier alpha value is 0.660. The zero-order valence-electron chi connectivity index (χ0n) is 9.15. The molecule has 0 radical (unpaired) electrons. The van der Waals surface area contributed by atoms with Crippen LogP contribution in [0.2, 0.25) is 0 Å². The fraction of sp³-hybridized carbons (Fsp3) is 0.500. The minimum Gasteiger partial charge on any atom is -0.0881 e. The van der Waals surface area contributed by atoms with Gasteiger partial charge in [-0.2, -0.15) is 0 Å². The van der Waals surface area contributed by atoms with Gasteiger partial charge < -0.3 is 0 Å². The van der Waals surface area contributed by atoms with E-state index in [1.54, 1.807) is 0 Å². The van der Waals surface area contributed by atoms with Gasteiger partial charge in [-0.05, 0) is 43.0 Å². The Morgan fingerprint density at radius 2 is 1.67 bits per heavy atom. The summed E-state index contributed by atoms with van der Waals surface area (Å²) in [5, 5.41) is 0. The zero-order chi connectivity index (χ0) is 11.6. The molecule has 1 aromatic rings. The number of hydrogen-bond acceptors (Lipinski definition) is 0. The lowest BCUT2D eigenvalue weighted by Gasteiger charge is -2.15. The van der Waals surface area contributed by atoms with E-state index in [2.05, 4.69) is 80.7 Å². The first-order valence-corrected chi connectivity index (χ1v) is 7.58. The fourth-order valence-electron chi connectivity index (χ4n) is 1.37. The molecule has 0 bridgehead atoms.